The summed E-state index contributed by atoms with van der Waals surface area (Å²) in [5, 5.41) is 6.72. The van der Waals surface area contributed by atoms with Crippen molar-refractivity contribution in [2.45, 2.75) is 32.2 Å². The highest BCUT2D eigenvalue weighted by Crippen LogP contribution is 2.28. The van der Waals surface area contributed by atoms with Gasteiger partial charge in [-0.2, -0.15) is 14.6 Å². The standard InChI is InChI=1S/C17H18N4O.CH5N.CO2/c1-11-5-7-13(8-6-11)19-17-20-14-9-10-22-15(14)16(21-17)18-12-3-2-4-12;1-2;2-1-3/h5-10,12H,2-4H2,1H3,(H2,18,19,20,21);2H2,1H3;. The highest BCUT2D eigenvalue weighted by atomic mass is 16.3. The number of nitrogens with zero attached hydrogens (tertiary/aromatic N) is 2. The van der Waals surface area contributed by atoms with E-state index in [0.29, 0.717) is 12.0 Å². The van der Waals surface area contributed by atoms with Gasteiger partial charge in [-0.1, -0.05) is 17.7 Å². The number of fused-ring (bicyclic) bond motifs is 1. The van der Waals surface area contributed by atoms with Crippen LogP contribution in [0.2, 0.25) is 0 Å². The molecule has 0 saturated heterocycles. The van der Waals surface area contributed by atoms with Crippen molar-refractivity contribution in [3.63, 3.8) is 0 Å². The molecule has 8 nitrogen and oxygen atoms in total. The van der Waals surface area contributed by atoms with Crippen LogP contribution in [0.1, 0.15) is 24.8 Å². The van der Waals surface area contributed by atoms with Gasteiger partial charge < -0.3 is 20.8 Å². The molecular weight excluding hydrogens is 346 g/mol. The summed E-state index contributed by atoms with van der Waals surface area (Å²) in [6.07, 6.45) is 5.55. The third-order valence-electron chi connectivity index (χ3n) is 4.06. The first-order valence-corrected chi connectivity index (χ1v) is 8.62. The first kappa shape index (κ1) is 20.1. The van der Waals surface area contributed by atoms with E-state index in [2.05, 4.69) is 45.4 Å². The molecule has 27 heavy (non-hydrogen) atoms. The number of aromatic nitrogens is 2. The van der Waals surface area contributed by atoms with Crippen LogP contribution in [0.5, 0.6) is 0 Å². The van der Waals surface area contributed by atoms with Gasteiger partial charge in [-0.15, -0.1) is 0 Å². The molecule has 0 unspecified atom stereocenters. The van der Waals surface area contributed by atoms with Crippen LogP contribution in [-0.4, -0.2) is 29.2 Å². The van der Waals surface area contributed by atoms with Gasteiger partial charge in [-0.25, -0.2) is 4.98 Å². The first-order chi connectivity index (χ1) is 13.2. The second kappa shape index (κ2) is 10.1. The number of hydrogen-bond acceptors (Lipinski definition) is 8. The quantitative estimate of drug-likeness (QED) is 0.640. The van der Waals surface area contributed by atoms with Crippen molar-refractivity contribution in [2.24, 2.45) is 5.73 Å². The Morgan fingerprint density at radius 3 is 2.37 bits per heavy atom. The van der Waals surface area contributed by atoms with Gasteiger partial charge in [0.15, 0.2) is 11.4 Å². The lowest BCUT2D eigenvalue weighted by molar-refractivity contribution is -0.191. The number of rotatable bonds is 4. The number of nitrogens with one attached hydrogen (secondary N) is 2. The van der Waals surface area contributed by atoms with Crippen molar-refractivity contribution in [1.82, 2.24) is 9.97 Å². The monoisotopic (exact) mass is 369 g/mol. The highest BCUT2D eigenvalue weighted by molar-refractivity contribution is 5.85. The van der Waals surface area contributed by atoms with E-state index < -0.39 is 0 Å². The average Bonchev–Trinajstić information content (AvgIpc) is 3.11. The maximum atomic E-state index is 8.12. The zero-order valence-corrected chi connectivity index (χ0v) is 15.4. The molecule has 8 heteroatoms. The van der Waals surface area contributed by atoms with Crippen LogP contribution >= 0.6 is 0 Å². The molecule has 0 amide bonds. The molecule has 1 saturated carbocycles. The van der Waals surface area contributed by atoms with E-state index in [0.717, 1.165) is 22.6 Å². The Morgan fingerprint density at radius 1 is 1.11 bits per heavy atom. The van der Waals surface area contributed by atoms with E-state index in [9.17, 15) is 0 Å². The fourth-order valence-electron chi connectivity index (χ4n) is 2.53. The summed E-state index contributed by atoms with van der Waals surface area (Å²) in [6.45, 7) is 2.07. The molecule has 142 valence electrons. The molecular formula is C19H23N5O3. The van der Waals surface area contributed by atoms with Crippen molar-refractivity contribution >= 4 is 34.7 Å². The number of anilines is 3. The van der Waals surface area contributed by atoms with E-state index in [1.165, 1.54) is 31.9 Å². The van der Waals surface area contributed by atoms with Crippen molar-refractivity contribution in [3.8, 4) is 0 Å². The maximum Gasteiger partial charge on any atom is 0.373 e. The Labute approximate surface area is 157 Å². The summed E-state index contributed by atoms with van der Waals surface area (Å²) in [6, 6.07) is 10.5. The molecule has 4 rings (SSSR count). The zero-order valence-electron chi connectivity index (χ0n) is 15.4. The zero-order chi connectivity index (χ0) is 19.6. The minimum Gasteiger partial charge on any atom is -0.459 e. The fourth-order valence-corrected chi connectivity index (χ4v) is 2.53. The summed E-state index contributed by atoms with van der Waals surface area (Å²) >= 11 is 0. The lowest BCUT2D eigenvalue weighted by atomic mass is 9.93. The first-order valence-electron chi connectivity index (χ1n) is 8.62. The lowest BCUT2D eigenvalue weighted by Gasteiger charge is -2.26. The topological polar surface area (TPSA) is 123 Å². The molecule has 3 aromatic rings. The number of aryl methyl sites for hydroxylation is 1. The van der Waals surface area contributed by atoms with Gasteiger partial charge in [0.25, 0.3) is 0 Å². The van der Waals surface area contributed by atoms with Gasteiger partial charge >= 0.3 is 6.15 Å². The third kappa shape index (κ3) is 5.37. The SMILES string of the molecule is CN.Cc1ccc(Nc2nc(NC3CCC3)c3occc3n2)cc1.O=C=O. The molecule has 0 bridgehead atoms. The Kier molecular flexibility index (Phi) is 7.49. The molecule has 0 aliphatic heterocycles. The van der Waals surface area contributed by atoms with Crippen LogP contribution in [0.15, 0.2) is 41.0 Å². The van der Waals surface area contributed by atoms with Crippen LogP contribution in [0.4, 0.5) is 17.5 Å². The predicted octanol–water partition coefficient (Wildman–Crippen LogP) is 3.23. The minimum atomic E-state index is 0.250. The molecule has 2 heterocycles. The Balaban J connectivity index is 0.000000478. The minimum absolute atomic E-state index is 0.250. The van der Waals surface area contributed by atoms with Gasteiger partial charge in [-0.3, -0.25) is 0 Å². The van der Waals surface area contributed by atoms with Crippen molar-refractivity contribution in [2.75, 3.05) is 17.7 Å². The van der Waals surface area contributed by atoms with E-state index in [4.69, 9.17) is 14.0 Å². The summed E-state index contributed by atoms with van der Waals surface area (Å²) < 4.78 is 5.52. The van der Waals surface area contributed by atoms with Crippen molar-refractivity contribution in [1.29, 1.82) is 0 Å². The van der Waals surface area contributed by atoms with Crippen LogP contribution in [0, 0.1) is 6.92 Å². The van der Waals surface area contributed by atoms with Gasteiger partial charge in [0.1, 0.15) is 5.52 Å². The summed E-state index contributed by atoms with van der Waals surface area (Å²) in [5.41, 5.74) is 8.24. The highest BCUT2D eigenvalue weighted by Gasteiger charge is 2.20. The normalized spacial score (nSPS) is 12.6. The smallest absolute Gasteiger partial charge is 0.373 e. The number of benzene rings is 1. The van der Waals surface area contributed by atoms with Gasteiger partial charge in [0, 0.05) is 17.8 Å². The fraction of sp³-hybridized carbons (Fsp3) is 0.316. The van der Waals surface area contributed by atoms with Gasteiger partial charge in [-0.05, 0) is 45.4 Å². The van der Waals surface area contributed by atoms with E-state index in [-0.39, 0.29) is 6.15 Å². The number of furan rings is 1. The molecule has 4 N–H and O–H groups in total. The Hall–Kier alpha value is -3.22. The summed E-state index contributed by atoms with van der Waals surface area (Å²) in [4.78, 5) is 25.3. The van der Waals surface area contributed by atoms with E-state index in [1.54, 1.807) is 6.26 Å². The molecule has 0 atom stereocenters. The molecule has 1 aromatic carbocycles. The van der Waals surface area contributed by atoms with Crippen LogP contribution in [-0.2, 0) is 9.59 Å². The van der Waals surface area contributed by atoms with Crippen molar-refractivity contribution < 1.29 is 14.0 Å². The third-order valence-corrected chi connectivity index (χ3v) is 4.06. The number of hydrogen-bond donors (Lipinski definition) is 3. The number of nitrogens with two attached hydrogens (primary N) is 1. The second-order valence-electron chi connectivity index (χ2n) is 5.88. The maximum absolute atomic E-state index is 8.12. The van der Waals surface area contributed by atoms with Gasteiger partial charge in [0.2, 0.25) is 5.95 Å². The van der Waals surface area contributed by atoms with Crippen LogP contribution in [0.3, 0.4) is 0 Å². The molecule has 1 aliphatic rings. The number of carbonyl (C=O) groups excluding carboxylic acids is 2. The molecule has 0 spiro atoms. The second-order valence-corrected chi connectivity index (χ2v) is 5.88. The molecule has 2 aromatic heterocycles. The largest absolute Gasteiger partial charge is 0.459 e. The Bertz CT molecular complexity index is 882. The summed E-state index contributed by atoms with van der Waals surface area (Å²) in [5.74, 6) is 1.36. The summed E-state index contributed by atoms with van der Waals surface area (Å²) in [7, 11) is 1.50. The van der Waals surface area contributed by atoms with Crippen LogP contribution < -0.4 is 16.4 Å². The molecule has 1 aliphatic carbocycles. The van der Waals surface area contributed by atoms with E-state index in [1.807, 2.05) is 18.2 Å². The Morgan fingerprint density at radius 2 is 1.78 bits per heavy atom. The predicted molar refractivity (Wildman–Crippen MR) is 103 cm³/mol. The van der Waals surface area contributed by atoms with Crippen molar-refractivity contribution in [3.05, 3.63) is 42.2 Å². The van der Waals surface area contributed by atoms with E-state index >= 15 is 0 Å². The average molecular weight is 369 g/mol. The van der Waals surface area contributed by atoms with Gasteiger partial charge in [0.05, 0.1) is 6.26 Å². The molecule has 1 fully saturated rings. The lowest BCUT2D eigenvalue weighted by Crippen LogP contribution is -2.27. The van der Waals surface area contributed by atoms with Crippen LogP contribution in [0.25, 0.3) is 11.1 Å². The molecule has 0 radical (unpaired) electrons.